The van der Waals surface area contributed by atoms with Crippen molar-refractivity contribution in [1.29, 1.82) is 0 Å². The van der Waals surface area contributed by atoms with E-state index in [0.29, 0.717) is 10.0 Å². The van der Waals surface area contributed by atoms with E-state index in [4.69, 9.17) is 4.43 Å². The fourth-order valence-corrected chi connectivity index (χ4v) is 4.77. The number of benzene rings is 1. The van der Waals surface area contributed by atoms with Crippen LogP contribution in [0.15, 0.2) is 16.9 Å². The van der Waals surface area contributed by atoms with E-state index >= 15 is 0 Å². The summed E-state index contributed by atoms with van der Waals surface area (Å²) in [5, 5.41) is 0.665. The van der Waals surface area contributed by atoms with E-state index in [0.717, 1.165) is 16.9 Å². The highest BCUT2D eigenvalue weighted by Crippen LogP contribution is 2.40. The van der Waals surface area contributed by atoms with Crippen LogP contribution >= 0.6 is 27.3 Å². The average Bonchev–Trinajstić information content (AvgIpc) is 2.75. The Kier molecular flexibility index (Phi) is 5.02. The molecule has 122 valence electrons. The minimum absolute atomic E-state index is 0.0783. The first kappa shape index (κ1) is 17.8. The molecule has 0 aliphatic carbocycles. The van der Waals surface area contributed by atoms with Crippen LogP contribution in [0, 0.1) is 5.82 Å². The molecule has 0 aliphatic heterocycles. The Bertz CT molecular complexity index is 735. The molecule has 1 aromatic heterocycles. The van der Waals surface area contributed by atoms with Crippen LogP contribution in [0.1, 0.15) is 32.4 Å². The van der Waals surface area contributed by atoms with Crippen molar-refractivity contribution in [2.24, 2.45) is 0 Å². The lowest BCUT2D eigenvalue weighted by molar-refractivity contribution is 0.208. The Morgan fingerprint density at radius 1 is 1.41 bits per heavy atom. The van der Waals surface area contributed by atoms with Gasteiger partial charge in [-0.25, -0.2) is 4.39 Å². The maximum Gasteiger partial charge on any atom is 0.305 e. The lowest BCUT2D eigenvalue weighted by Crippen LogP contribution is -2.42. The molecular formula is C15H21BrFNO2SSi. The third-order valence-corrected chi connectivity index (χ3v) is 10.2. The maximum absolute atomic E-state index is 14.2. The van der Waals surface area contributed by atoms with E-state index in [-0.39, 0.29) is 21.5 Å². The summed E-state index contributed by atoms with van der Waals surface area (Å²) in [6, 6.07) is 3.31. The number of alkyl halides is 1. The summed E-state index contributed by atoms with van der Waals surface area (Å²) in [6.45, 7) is 10.9. The van der Waals surface area contributed by atoms with Gasteiger partial charge in [0.25, 0.3) is 0 Å². The molecule has 0 spiro atoms. The molecule has 1 aromatic carbocycles. The smallest absolute Gasteiger partial charge is 0.305 e. The zero-order valence-corrected chi connectivity index (χ0v) is 16.8. The van der Waals surface area contributed by atoms with Crippen molar-refractivity contribution < 1.29 is 8.82 Å². The first-order chi connectivity index (χ1) is 10.0. The Hall–Kier alpha value is -0.503. The van der Waals surface area contributed by atoms with Crippen molar-refractivity contribution in [2.75, 3.05) is 5.33 Å². The molecule has 1 N–H and O–H groups in total. The van der Waals surface area contributed by atoms with Crippen molar-refractivity contribution in [3.05, 3.63) is 33.2 Å². The molecule has 3 nitrogen and oxygen atoms in total. The van der Waals surface area contributed by atoms with Crippen LogP contribution in [0.5, 0.6) is 0 Å². The molecule has 0 saturated heterocycles. The predicted molar refractivity (Wildman–Crippen MR) is 97.2 cm³/mol. The summed E-state index contributed by atoms with van der Waals surface area (Å²) in [7, 11) is -1.97. The van der Waals surface area contributed by atoms with E-state index in [2.05, 4.69) is 54.8 Å². The quantitative estimate of drug-likeness (QED) is 0.561. The molecule has 1 atom stereocenters. The Labute approximate surface area is 143 Å². The van der Waals surface area contributed by atoms with Crippen LogP contribution in [0.2, 0.25) is 18.1 Å². The summed E-state index contributed by atoms with van der Waals surface area (Å²) < 4.78 is 21.2. The minimum atomic E-state index is -1.97. The zero-order valence-electron chi connectivity index (χ0n) is 13.4. The first-order valence-electron chi connectivity index (χ1n) is 7.11. The van der Waals surface area contributed by atoms with E-state index in [1.54, 1.807) is 0 Å². The van der Waals surface area contributed by atoms with Crippen LogP contribution in [0.3, 0.4) is 0 Å². The van der Waals surface area contributed by atoms with Gasteiger partial charge in [0, 0.05) is 5.33 Å². The lowest BCUT2D eigenvalue weighted by Gasteiger charge is -2.39. The van der Waals surface area contributed by atoms with Crippen molar-refractivity contribution in [3.8, 4) is 0 Å². The fraction of sp³-hybridized carbons (Fsp3) is 0.533. The number of H-pyrrole nitrogens is 1. The fourth-order valence-electron chi connectivity index (χ4n) is 1.94. The van der Waals surface area contributed by atoms with Crippen LogP contribution in [-0.2, 0) is 4.43 Å². The maximum atomic E-state index is 14.2. The number of aromatic amines is 1. The van der Waals surface area contributed by atoms with Crippen molar-refractivity contribution >= 4 is 45.8 Å². The van der Waals surface area contributed by atoms with Gasteiger partial charge in [0.15, 0.2) is 8.32 Å². The third-order valence-electron chi connectivity index (χ3n) is 4.26. The van der Waals surface area contributed by atoms with Crippen molar-refractivity contribution in [1.82, 2.24) is 4.98 Å². The molecule has 0 aliphatic rings. The summed E-state index contributed by atoms with van der Waals surface area (Å²) in [4.78, 5) is 13.7. The number of fused-ring (bicyclic) bond motifs is 1. The van der Waals surface area contributed by atoms with Gasteiger partial charge in [0.1, 0.15) is 5.82 Å². The van der Waals surface area contributed by atoms with Crippen LogP contribution in [0.25, 0.3) is 10.2 Å². The molecular weight excluding hydrogens is 385 g/mol. The highest BCUT2D eigenvalue weighted by Gasteiger charge is 2.39. The highest BCUT2D eigenvalue weighted by molar-refractivity contribution is 9.09. The molecule has 0 radical (unpaired) electrons. The zero-order chi connectivity index (χ0) is 16.7. The molecule has 1 unspecified atom stereocenters. The highest BCUT2D eigenvalue weighted by atomic mass is 79.9. The number of hydrogen-bond acceptors (Lipinski definition) is 3. The first-order valence-corrected chi connectivity index (χ1v) is 12.0. The number of aromatic nitrogens is 1. The molecule has 7 heteroatoms. The molecule has 2 aromatic rings. The van der Waals surface area contributed by atoms with E-state index in [1.807, 2.05) is 6.07 Å². The Morgan fingerprint density at radius 2 is 2.05 bits per heavy atom. The summed E-state index contributed by atoms with van der Waals surface area (Å²) >= 11 is 4.50. The summed E-state index contributed by atoms with van der Waals surface area (Å²) in [5.41, 5.74) is 1.04. The van der Waals surface area contributed by atoms with Gasteiger partial charge in [-0.05, 0) is 35.8 Å². The number of hydrogen-bond donors (Lipinski definition) is 1. The van der Waals surface area contributed by atoms with Crippen LogP contribution in [0.4, 0.5) is 4.39 Å². The minimum Gasteiger partial charge on any atom is -0.409 e. The van der Waals surface area contributed by atoms with Crippen LogP contribution < -0.4 is 4.87 Å². The molecule has 0 amide bonds. The largest absolute Gasteiger partial charge is 0.409 e. The average molecular weight is 406 g/mol. The third kappa shape index (κ3) is 3.53. The topological polar surface area (TPSA) is 42.1 Å². The second-order valence-electron chi connectivity index (χ2n) is 6.91. The molecule has 22 heavy (non-hydrogen) atoms. The number of rotatable bonds is 4. The van der Waals surface area contributed by atoms with Gasteiger partial charge in [-0.15, -0.1) is 0 Å². The Morgan fingerprint density at radius 3 is 2.59 bits per heavy atom. The van der Waals surface area contributed by atoms with E-state index in [1.165, 1.54) is 6.07 Å². The summed E-state index contributed by atoms with van der Waals surface area (Å²) in [6.07, 6.45) is -0.225. The van der Waals surface area contributed by atoms with Gasteiger partial charge in [0.05, 0.1) is 16.3 Å². The lowest BCUT2D eigenvalue weighted by atomic mass is 10.1. The second kappa shape index (κ2) is 6.18. The van der Waals surface area contributed by atoms with Crippen molar-refractivity contribution in [3.63, 3.8) is 0 Å². The van der Waals surface area contributed by atoms with Gasteiger partial charge >= 0.3 is 4.87 Å². The van der Waals surface area contributed by atoms with Gasteiger partial charge in [-0.3, -0.25) is 4.79 Å². The van der Waals surface area contributed by atoms with E-state index in [9.17, 15) is 9.18 Å². The number of halogens is 2. The second-order valence-corrected chi connectivity index (χ2v) is 13.3. The normalized spacial score (nSPS) is 14.5. The van der Waals surface area contributed by atoms with Gasteiger partial charge in [-0.2, -0.15) is 0 Å². The Balaban J connectivity index is 2.41. The summed E-state index contributed by atoms with van der Waals surface area (Å²) in [5.74, 6) is -0.407. The van der Waals surface area contributed by atoms with Crippen LogP contribution in [-0.4, -0.2) is 18.6 Å². The van der Waals surface area contributed by atoms with Gasteiger partial charge in [-0.1, -0.05) is 48.0 Å². The molecule has 1 heterocycles. The standard InChI is InChI=1S/C15H21BrFNO2SSi/c1-15(2,3)22(4,5)20-11(8-16)9-6-10(17)13-12(7-9)21-14(19)18-13/h6-7,11H,8H2,1-5H3,(H,18,19). The van der Waals surface area contributed by atoms with Gasteiger partial charge < -0.3 is 9.41 Å². The molecule has 0 fully saturated rings. The number of nitrogens with one attached hydrogen (secondary N) is 1. The number of thiazole rings is 1. The molecule has 0 saturated carbocycles. The van der Waals surface area contributed by atoms with Gasteiger partial charge in [0.2, 0.25) is 0 Å². The molecule has 2 rings (SSSR count). The predicted octanol–water partition coefficient (Wildman–Crippen LogP) is 5.19. The SMILES string of the molecule is CC(C)(C)[Si](C)(C)OC(CBr)c1cc(F)c2[nH]c(=O)sc2c1. The van der Waals surface area contributed by atoms with Crippen molar-refractivity contribution in [2.45, 2.75) is 45.0 Å². The van der Waals surface area contributed by atoms with E-state index < -0.39 is 14.1 Å². The monoisotopic (exact) mass is 405 g/mol. The molecule has 0 bridgehead atoms.